The lowest BCUT2D eigenvalue weighted by Gasteiger charge is -2.25. The van der Waals surface area contributed by atoms with Crippen molar-refractivity contribution in [3.8, 4) is 0 Å². The highest BCUT2D eigenvalue weighted by molar-refractivity contribution is 9.10. The molecule has 0 fully saturated rings. The Morgan fingerprint density at radius 2 is 2.00 bits per heavy atom. The molecule has 1 rings (SSSR count). The summed E-state index contributed by atoms with van der Waals surface area (Å²) < 4.78 is 41.6. The Kier molecular flexibility index (Phi) is 5.71. The van der Waals surface area contributed by atoms with Gasteiger partial charge in [-0.25, -0.2) is 17.5 Å². The van der Waals surface area contributed by atoms with Gasteiger partial charge in [0.15, 0.2) is 0 Å². The third-order valence-electron chi connectivity index (χ3n) is 2.82. The quantitative estimate of drug-likeness (QED) is 0.812. The predicted molar refractivity (Wildman–Crippen MR) is 79.3 cm³/mol. The lowest BCUT2D eigenvalue weighted by atomic mass is 10.0. The molecule has 0 spiro atoms. The summed E-state index contributed by atoms with van der Waals surface area (Å²) in [6.07, 6.45) is 1.44. The van der Waals surface area contributed by atoms with E-state index in [9.17, 15) is 12.8 Å². The minimum Gasteiger partial charge on any atom is -0.392 e. The minimum absolute atomic E-state index is 0.0620. The molecule has 0 saturated heterocycles. The van der Waals surface area contributed by atoms with Gasteiger partial charge in [0.05, 0.1) is 6.61 Å². The molecule has 2 N–H and O–H groups in total. The number of rotatable bonds is 6. The van der Waals surface area contributed by atoms with Gasteiger partial charge in [0, 0.05) is 15.6 Å². The van der Waals surface area contributed by atoms with Crippen LogP contribution < -0.4 is 4.72 Å². The number of benzene rings is 1. The van der Waals surface area contributed by atoms with Crippen LogP contribution in [0.3, 0.4) is 0 Å². The van der Waals surface area contributed by atoms with E-state index in [0.29, 0.717) is 10.9 Å². The molecule has 0 saturated carbocycles. The van der Waals surface area contributed by atoms with Crippen LogP contribution in [-0.2, 0) is 16.6 Å². The van der Waals surface area contributed by atoms with E-state index in [-0.39, 0.29) is 5.56 Å². The van der Waals surface area contributed by atoms with E-state index in [2.05, 4.69) is 20.7 Å². The number of hydrogen-bond donors (Lipinski definition) is 2. The molecule has 0 heterocycles. The molecular weight excluding hydrogens is 349 g/mol. The molecule has 0 atom stereocenters. The van der Waals surface area contributed by atoms with Crippen LogP contribution in [0, 0.1) is 5.82 Å². The van der Waals surface area contributed by atoms with Gasteiger partial charge in [-0.3, -0.25) is 0 Å². The fourth-order valence-electron chi connectivity index (χ4n) is 2.02. The highest BCUT2D eigenvalue weighted by atomic mass is 79.9. The Balaban J connectivity index is 3.26. The zero-order valence-corrected chi connectivity index (χ0v) is 14.1. The number of hydrogen-bond acceptors (Lipinski definition) is 3. The van der Waals surface area contributed by atoms with Crippen molar-refractivity contribution in [3.05, 3.63) is 28.0 Å². The maximum atomic E-state index is 14.1. The second-order valence-corrected chi connectivity index (χ2v) is 7.84. The first-order valence-electron chi connectivity index (χ1n) is 6.25. The normalized spacial score (nSPS) is 12.7. The van der Waals surface area contributed by atoms with Crippen molar-refractivity contribution >= 4 is 26.0 Å². The van der Waals surface area contributed by atoms with E-state index in [1.54, 1.807) is 13.8 Å². The van der Waals surface area contributed by atoms with Gasteiger partial charge >= 0.3 is 0 Å². The zero-order chi connectivity index (χ0) is 15.6. The summed E-state index contributed by atoms with van der Waals surface area (Å²) in [4.78, 5) is -0.458. The number of halogens is 2. The molecule has 114 valence electrons. The van der Waals surface area contributed by atoms with E-state index < -0.39 is 32.9 Å². The first-order valence-corrected chi connectivity index (χ1v) is 8.53. The lowest BCUT2D eigenvalue weighted by Crippen LogP contribution is -2.43. The summed E-state index contributed by atoms with van der Waals surface area (Å²) in [5.41, 5.74) is -0.727. The molecule has 0 aliphatic carbocycles. The standard InChI is InChI=1S/C13H19BrFNO3S/c1-4-5-13(2,3)16-20(18,19)11-7-10(14)6-9(8-17)12(11)15/h6-7,16-17H,4-5,8H2,1-3H3. The highest BCUT2D eigenvalue weighted by Crippen LogP contribution is 2.25. The number of sulfonamides is 1. The maximum Gasteiger partial charge on any atom is 0.244 e. The molecule has 1 aromatic rings. The molecule has 0 amide bonds. The van der Waals surface area contributed by atoms with Gasteiger partial charge in [0.25, 0.3) is 0 Å². The van der Waals surface area contributed by atoms with E-state index >= 15 is 0 Å². The van der Waals surface area contributed by atoms with Crippen LogP contribution in [-0.4, -0.2) is 19.1 Å². The van der Waals surface area contributed by atoms with Crippen LogP contribution in [0.15, 0.2) is 21.5 Å². The van der Waals surface area contributed by atoms with E-state index in [1.165, 1.54) is 12.1 Å². The lowest BCUT2D eigenvalue weighted by molar-refractivity contribution is 0.274. The van der Waals surface area contributed by atoms with Crippen molar-refractivity contribution in [2.45, 2.75) is 50.7 Å². The molecule has 0 aromatic heterocycles. The first-order chi connectivity index (χ1) is 9.13. The molecular formula is C13H19BrFNO3S. The van der Waals surface area contributed by atoms with Crippen molar-refractivity contribution in [1.29, 1.82) is 0 Å². The fourth-order valence-corrected chi connectivity index (χ4v) is 4.27. The molecule has 4 nitrogen and oxygen atoms in total. The Bertz CT molecular complexity index is 588. The molecule has 0 bridgehead atoms. The van der Waals surface area contributed by atoms with Crippen LogP contribution in [0.5, 0.6) is 0 Å². The third-order valence-corrected chi connectivity index (χ3v) is 4.98. The SMILES string of the molecule is CCCC(C)(C)NS(=O)(=O)c1cc(Br)cc(CO)c1F. The van der Waals surface area contributed by atoms with Crippen LogP contribution in [0.4, 0.5) is 4.39 Å². The van der Waals surface area contributed by atoms with Crippen molar-refractivity contribution in [3.63, 3.8) is 0 Å². The second-order valence-electron chi connectivity index (χ2n) is 5.27. The number of aliphatic hydroxyl groups is 1. The molecule has 1 aromatic carbocycles. The van der Waals surface area contributed by atoms with Gasteiger partial charge in [-0.05, 0) is 32.4 Å². The minimum atomic E-state index is -3.99. The summed E-state index contributed by atoms with van der Waals surface area (Å²) in [5, 5.41) is 9.07. The Hall–Kier alpha value is -0.500. The monoisotopic (exact) mass is 367 g/mol. The molecule has 0 radical (unpaired) electrons. The summed E-state index contributed by atoms with van der Waals surface area (Å²) in [6.45, 7) is 4.87. The van der Waals surface area contributed by atoms with Gasteiger partial charge in [0.1, 0.15) is 10.7 Å². The summed E-state index contributed by atoms with van der Waals surface area (Å²) >= 11 is 3.12. The summed E-state index contributed by atoms with van der Waals surface area (Å²) in [6, 6.07) is 2.55. The number of aliphatic hydroxyl groups excluding tert-OH is 1. The van der Waals surface area contributed by atoms with Gasteiger partial charge in [0.2, 0.25) is 10.0 Å². The van der Waals surface area contributed by atoms with Crippen LogP contribution in [0.25, 0.3) is 0 Å². The maximum absolute atomic E-state index is 14.1. The van der Waals surface area contributed by atoms with E-state index in [1.807, 2.05) is 6.92 Å². The Morgan fingerprint density at radius 3 is 2.50 bits per heavy atom. The Morgan fingerprint density at radius 1 is 1.40 bits per heavy atom. The predicted octanol–water partition coefficient (Wildman–Crippen LogP) is 2.94. The van der Waals surface area contributed by atoms with Gasteiger partial charge in [-0.15, -0.1) is 0 Å². The largest absolute Gasteiger partial charge is 0.392 e. The van der Waals surface area contributed by atoms with Gasteiger partial charge in [-0.2, -0.15) is 0 Å². The van der Waals surface area contributed by atoms with Crippen molar-refractivity contribution in [2.24, 2.45) is 0 Å². The smallest absolute Gasteiger partial charge is 0.244 e. The van der Waals surface area contributed by atoms with Crippen LogP contribution >= 0.6 is 15.9 Å². The summed E-state index contributed by atoms with van der Waals surface area (Å²) in [5.74, 6) is -0.921. The van der Waals surface area contributed by atoms with Crippen LogP contribution in [0.1, 0.15) is 39.2 Å². The average Bonchev–Trinajstić information content (AvgIpc) is 2.29. The van der Waals surface area contributed by atoms with Crippen LogP contribution in [0.2, 0.25) is 0 Å². The molecule has 7 heteroatoms. The highest BCUT2D eigenvalue weighted by Gasteiger charge is 2.28. The summed E-state index contributed by atoms with van der Waals surface area (Å²) in [7, 11) is -3.99. The first kappa shape index (κ1) is 17.6. The van der Waals surface area contributed by atoms with Gasteiger partial charge < -0.3 is 5.11 Å². The molecule has 20 heavy (non-hydrogen) atoms. The molecule has 0 aliphatic rings. The third kappa shape index (κ3) is 4.25. The van der Waals surface area contributed by atoms with E-state index in [4.69, 9.17) is 5.11 Å². The second kappa shape index (κ2) is 6.51. The topological polar surface area (TPSA) is 66.4 Å². The molecule has 0 unspecified atom stereocenters. The van der Waals surface area contributed by atoms with Gasteiger partial charge in [-0.1, -0.05) is 29.3 Å². The number of nitrogens with one attached hydrogen (secondary N) is 1. The molecule has 0 aliphatic heterocycles. The average molecular weight is 368 g/mol. The van der Waals surface area contributed by atoms with Crippen molar-refractivity contribution < 1.29 is 17.9 Å². The van der Waals surface area contributed by atoms with Crippen molar-refractivity contribution in [1.82, 2.24) is 4.72 Å². The fraction of sp³-hybridized carbons (Fsp3) is 0.538. The van der Waals surface area contributed by atoms with Crippen molar-refractivity contribution in [2.75, 3.05) is 0 Å². The Labute approximate surface area is 127 Å². The zero-order valence-electron chi connectivity index (χ0n) is 11.7. The van der Waals surface area contributed by atoms with E-state index in [0.717, 1.165) is 6.42 Å².